The number of ether oxygens (including phenoxy) is 2. The Morgan fingerprint density at radius 1 is 1.30 bits per heavy atom. The SMILES string of the molecule is CNC(=O)NC(=O)COC(=O)c1ccc(OC)c(F)c1. The molecule has 1 aromatic rings. The molecule has 0 fully saturated rings. The van der Waals surface area contributed by atoms with Gasteiger partial charge in [0, 0.05) is 7.05 Å². The average Bonchev–Trinajstić information content (AvgIpc) is 2.44. The van der Waals surface area contributed by atoms with E-state index in [2.05, 4.69) is 10.1 Å². The Labute approximate surface area is 114 Å². The fourth-order valence-corrected chi connectivity index (χ4v) is 1.23. The summed E-state index contributed by atoms with van der Waals surface area (Å²) in [6.45, 7) is -0.653. The van der Waals surface area contributed by atoms with E-state index in [0.717, 1.165) is 6.07 Å². The molecule has 1 rings (SSSR count). The monoisotopic (exact) mass is 284 g/mol. The molecule has 1 aromatic carbocycles. The lowest BCUT2D eigenvalue weighted by atomic mass is 10.2. The number of benzene rings is 1. The number of carbonyl (C=O) groups is 3. The number of rotatable bonds is 4. The third-order valence-electron chi connectivity index (χ3n) is 2.20. The van der Waals surface area contributed by atoms with Crippen LogP contribution in [0.3, 0.4) is 0 Å². The van der Waals surface area contributed by atoms with Crippen molar-refractivity contribution in [2.24, 2.45) is 0 Å². The Kier molecular flexibility index (Phi) is 5.45. The molecule has 20 heavy (non-hydrogen) atoms. The Morgan fingerprint density at radius 3 is 2.55 bits per heavy atom. The number of esters is 1. The molecule has 0 aliphatic heterocycles. The molecule has 0 atom stereocenters. The van der Waals surface area contributed by atoms with Gasteiger partial charge in [0.2, 0.25) is 0 Å². The molecule has 108 valence electrons. The van der Waals surface area contributed by atoms with Crippen molar-refractivity contribution in [3.05, 3.63) is 29.6 Å². The van der Waals surface area contributed by atoms with Crippen LogP contribution in [0.25, 0.3) is 0 Å². The van der Waals surface area contributed by atoms with Crippen LogP contribution < -0.4 is 15.4 Å². The molecule has 0 heterocycles. The van der Waals surface area contributed by atoms with Gasteiger partial charge in [-0.05, 0) is 18.2 Å². The van der Waals surface area contributed by atoms with Crippen molar-refractivity contribution in [1.29, 1.82) is 0 Å². The number of imide groups is 1. The fraction of sp³-hybridized carbons (Fsp3) is 0.250. The summed E-state index contributed by atoms with van der Waals surface area (Å²) in [5.41, 5.74) is -0.0731. The summed E-state index contributed by atoms with van der Waals surface area (Å²) < 4.78 is 22.7. The summed E-state index contributed by atoms with van der Waals surface area (Å²) in [6, 6.07) is 2.76. The van der Waals surface area contributed by atoms with E-state index in [1.165, 1.54) is 26.3 Å². The molecule has 3 amide bonds. The second kappa shape index (κ2) is 7.07. The molecule has 0 spiro atoms. The third kappa shape index (κ3) is 4.23. The van der Waals surface area contributed by atoms with Gasteiger partial charge in [0.25, 0.3) is 5.91 Å². The van der Waals surface area contributed by atoms with Crippen molar-refractivity contribution < 1.29 is 28.2 Å². The van der Waals surface area contributed by atoms with E-state index in [9.17, 15) is 18.8 Å². The van der Waals surface area contributed by atoms with Crippen LogP contribution in [0.15, 0.2) is 18.2 Å². The minimum absolute atomic E-state index is 0.0149. The van der Waals surface area contributed by atoms with Gasteiger partial charge >= 0.3 is 12.0 Å². The summed E-state index contributed by atoms with van der Waals surface area (Å²) >= 11 is 0. The summed E-state index contributed by atoms with van der Waals surface area (Å²) in [7, 11) is 2.62. The zero-order chi connectivity index (χ0) is 15.1. The van der Waals surface area contributed by atoms with Crippen molar-refractivity contribution in [2.75, 3.05) is 20.8 Å². The molecule has 0 saturated carbocycles. The molecular weight excluding hydrogens is 271 g/mol. The van der Waals surface area contributed by atoms with E-state index < -0.39 is 30.3 Å². The van der Waals surface area contributed by atoms with Gasteiger partial charge in [-0.2, -0.15) is 0 Å². The maximum Gasteiger partial charge on any atom is 0.338 e. The first-order chi connectivity index (χ1) is 9.47. The van der Waals surface area contributed by atoms with Gasteiger partial charge in [0.15, 0.2) is 18.2 Å². The van der Waals surface area contributed by atoms with Gasteiger partial charge in [-0.3, -0.25) is 10.1 Å². The predicted octanol–water partition coefficient (Wildman–Crippen LogP) is 0.447. The number of carbonyl (C=O) groups excluding carboxylic acids is 3. The van der Waals surface area contributed by atoms with Gasteiger partial charge in [-0.25, -0.2) is 14.0 Å². The molecule has 7 nitrogen and oxygen atoms in total. The highest BCUT2D eigenvalue weighted by Gasteiger charge is 2.14. The van der Waals surface area contributed by atoms with Crippen LogP contribution in [-0.4, -0.2) is 38.7 Å². The van der Waals surface area contributed by atoms with E-state index in [4.69, 9.17) is 4.74 Å². The zero-order valence-electron chi connectivity index (χ0n) is 10.9. The summed E-state index contributed by atoms with van der Waals surface area (Å²) in [5, 5.41) is 4.07. The lowest BCUT2D eigenvalue weighted by molar-refractivity contribution is -0.123. The number of urea groups is 1. The van der Waals surface area contributed by atoms with Gasteiger partial charge in [-0.1, -0.05) is 0 Å². The maximum absolute atomic E-state index is 13.4. The van der Waals surface area contributed by atoms with Crippen molar-refractivity contribution in [3.8, 4) is 5.75 Å². The molecule has 8 heteroatoms. The third-order valence-corrected chi connectivity index (χ3v) is 2.20. The predicted molar refractivity (Wildman–Crippen MR) is 65.8 cm³/mol. The normalized spacial score (nSPS) is 9.55. The van der Waals surface area contributed by atoms with Crippen molar-refractivity contribution >= 4 is 17.9 Å². The lowest BCUT2D eigenvalue weighted by Gasteiger charge is -2.06. The Morgan fingerprint density at radius 2 is 2.00 bits per heavy atom. The van der Waals surface area contributed by atoms with Crippen LogP contribution >= 0.6 is 0 Å². The first-order valence-electron chi connectivity index (χ1n) is 5.50. The molecule has 0 radical (unpaired) electrons. The summed E-state index contributed by atoms with van der Waals surface area (Å²) in [6.07, 6.45) is 0. The number of hydrogen-bond acceptors (Lipinski definition) is 5. The average molecular weight is 284 g/mol. The van der Waals surface area contributed by atoms with E-state index in [1.807, 2.05) is 5.32 Å². The standard InChI is InChI=1S/C12H13FN2O5/c1-14-12(18)15-10(16)6-20-11(17)7-3-4-9(19-2)8(13)5-7/h3-5H,6H2,1-2H3,(H2,14,15,16,18). The molecule has 0 unspecified atom stereocenters. The number of nitrogens with one attached hydrogen (secondary N) is 2. The van der Waals surface area contributed by atoms with Crippen molar-refractivity contribution in [1.82, 2.24) is 10.6 Å². The van der Waals surface area contributed by atoms with Gasteiger partial charge in [0.05, 0.1) is 12.7 Å². The first kappa shape index (κ1) is 15.4. The minimum atomic E-state index is -0.890. The molecule has 2 N–H and O–H groups in total. The number of hydrogen-bond donors (Lipinski definition) is 2. The molecule has 0 aliphatic carbocycles. The zero-order valence-corrected chi connectivity index (χ0v) is 10.9. The van der Waals surface area contributed by atoms with Gasteiger partial charge in [0.1, 0.15) is 0 Å². The van der Waals surface area contributed by atoms with Crippen LogP contribution in [0.2, 0.25) is 0 Å². The molecule has 0 saturated heterocycles. The van der Waals surface area contributed by atoms with Crippen LogP contribution in [0.4, 0.5) is 9.18 Å². The second-order valence-electron chi connectivity index (χ2n) is 3.55. The fourth-order valence-electron chi connectivity index (χ4n) is 1.23. The maximum atomic E-state index is 13.4. The Bertz CT molecular complexity index is 533. The number of halogens is 1. The Hall–Kier alpha value is -2.64. The van der Waals surface area contributed by atoms with E-state index >= 15 is 0 Å². The second-order valence-corrected chi connectivity index (χ2v) is 3.55. The van der Waals surface area contributed by atoms with Crippen LogP contribution in [0.5, 0.6) is 5.75 Å². The number of amides is 3. The van der Waals surface area contributed by atoms with Crippen LogP contribution in [0.1, 0.15) is 10.4 Å². The van der Waals surface area contributed by atoms with Crippen LogP contribution in [-0.2, 0) is 9.53 Å². The number of methoxy groups -OCH3 is 1. The highest BCUT2D eigenvalue weighted by atomic mass is 19.1. The highest BCUT2D eigenvalue weighted by Crippen LogP contribution is 2.18. The van der Waals surface area contributed by atoms with E-state index in [-0.39, 0.29) is 11.3 Å². The topological polar surface area (TPSA) is 93.7 Å². The smallest absolute Gasteiger partial charge is 0.338 e. The van der Waals surface area contributed by atoms with Crippen molar-refractivity contribution in [3.63, 3.8) is 0 Å². The molecule has 0 aromatic heterocycles. The minimum Gasteiger partial charge on any atom is -0.494 e. The Balaban J connectivity index is 2.57. The summed E-state index contributed by atoms with van der Waals surface area (Å²) in [4.78, 5) is 33.5. The molecule has 0 aliphatic rings. The lowest BCUT2D eigenvalue weighted by Crippen LogP contribution is -2.39. The van der Waals surface area contributed by atoms with Crippen molar-refractivity contribution in [2.45, 2.75) is 0 Å². The summed E-state index contributed by atoms with van der Waals surface area (Å²) in [5.74, 6) is -2.43. The first-order valence-corrected chi connectivity index (χ1v) is 5.50. The van der Waals surface area contributed by atoms with E-state index in [1.54, 1.807) is 0 Å². The van der Waals surface area contributed by atoms with E-state index in [0.29, 0.717) is 0 Å². The van der Waals surface area contributed by atoms with Crippen LogP contribution in [0, 0.1) is 5.82 Å². The van der Waals surface area contributed by atoms with Gasteiger partial charge in [-0.15, -0.1) is 0 Å². The quantitative estimate of drug-likeness (QED) is 0.783. The highest BCUT2D eigenvalue weighted by molar-refractivity contribution is 5.96. The molecular formula is C12H13FN2O5. The van der Waals surface area contributed by atoms with Gasteiger partial charge < -0.3 is 14.8 Å². The largest absolute Gasteiger partial charge is 0.494 e. The molecule has 0 bridgehead atoms.